The van der Waals surface area contributed by atoms with Gasteiger partial charge in [0.05, 0.1) is 19.3 Å². The molecule has 0 aromatic carbocycles. The molecule has 0 amide bonds. The molecule has 84 valence electrons. The first kappa shape index (κ1) is 11.9. The molecule has 4 nitrogen and oxygen atoms in total. The number of aliphatic hydroxyl groups excluding tert-OH is 2. The van der Waals surface area contributed by atoms with Crippen molar-refractivity contribution in [3.8, 4) is 0 Å². The molecule has 1 aliphatic rings. The molecule has 4 heteroatoms. The maximum absolute atomic E-state index is 9.53. The summed E-state index contributed by atoms with van der Waals surface area (Å²) in [5, 5.41) is 18.4. The lowest BCUT2D eigenvalue weighted by molar-refractivity contribution is -0.180. The fourth-order valence-electron chi connectivity index (χ4n) is 1.32. The fourth-order valence-corrected chi connectivity index (χ4v) is 1.32. The van der Waals surface area contributed by atoms with Gasteiger partial charge in [0, 0.05) is 6.42 Å². The Morgan fingerprint density at radius 1 is 1.43 bits per heavy atom. The first-order valence-corrected chi connectivity index (χ1v) is 4.98. The summed E-state index contributed by atoms with van der Waals surface area (Å²) in [7, 11) is 0. The Balaban J connectivity index is 2.32. The SMILES string of the molecule is CC(C)(C)CO[C@H]1O[C@H](CO)CC1O. The third kappa shape index (κ3) is 3.53. The van der Waals surface area contributed by atoms with E-state index in [1.54, 1.807) is 0 Å². The Labute approximate surface area is 84.8 Å². The summed E-state index contributed by atoms with van der Waals surface area (Å²) in [4.78, 5) is 0. The molecule has 0 aromatic heterocycles. The van der Waals surface area contributed by atoms with Crippen LogP contribution in [0.15, 0.2) is 0 Å². The van der Waals surface area contributed by atoms with Crippen molar-refractivity contribution in [1.82, 2.24) is 0 Å². The van der Waals surface area contributed by atoms with E-state index in [-0.39, 0.29) is 18.1 Å². The van der Waals surface area contributed by atoms with Crippen LogP contribution in [-0.4, -0.2) is 41.9 Å². The normalized spacial score (nSPS) is 33.6. The zero-order chi connectivity index (χ0) is 10.8. The number of hydrogen-bond donors (Lipinski definition) is 2. The van der Waals surface area contributed by atoms with E-state index in [4.69, 9.17) is 14.6 Å². The molecule has 1 unspecified atom stereocenters. The summed E-state index contributed by atoms with van der Waals surface area (Å²) >= 11 is 0. The van der Waals surface area contributed by atoms with Crippen molar-refractivity contribution in [2.75, 3.05) is 13.2 Å². The fraction of sp³-hybridized carbons (Fsp3) is 1.00. The summed E-state index contributed by atoms with van der Waals surface area (Å²) in [6.07, 6.45) is -1.03. The van der Waals surface area contributed by atoms with Crippen LogP contribution in [0.2, 0.25) is 0 Å². The number of ether oxygens (including phenoxy) is 2. The molecule has 14 heavy (non-hydrogen) atoms. The highest BCUT2D eigenvalue weighted by atomic mass is 16.7. The van der Waals surface area contributed by atoms with E-state index in [0.29, 0.717) is 13.0 Å². The molecule has 0 bridgehead atoms. The minimum Gasteiger partial charge on any atom is -0.394 e. The second-order valence-electron chi connectivity index (χ2n) is 4.98. The molecule has 0 aromatic rings. The van der Waals surface area contributed by atoms with Gasteiger partial charge in [0.1, 0.15) is 6.10 Å². The van der Waals surface area contributed by atoms with E-state index in [9.17, 15) is 5.11 Å². The molecule has 0 spiro atoms. The van der Waals surface area contributed by atoms with Gasteiger partial charge in [0.15, 0.2) is 6.29 Å². The highest BCUT2D eigenvalue weighted by Crippen LogP contribution is 2.23. The predicted octanol–water partition coefficient (Wildman–Crippen LogP) is 0.517. The van der Waals surface area contributed by atoms with Crippen LogP contribution >= 0.6 is 0 Å². The first-order valence-electron chi connectivity index (χ1n) is 4.98. The number of aliphatic hydroxyl groups is 2. The van der Waals surface area contributed by atoms with Crippen LogP contribution in [0.1, 0.15) is 27.2 Å². The lowest BCUT2D eigenvalue weighted by Crippen LogP contribution is -2.28. The molecule has 2 N–H and O–H groups in total. The second-order valence-corrected chi connectivity index (χ2v) is 4.98. The Bertz CT molecular complexity index is 175. The Kier molecular flexibility index (Phi) is 3.89. The third-order valence-corrected chi connectivity index (χ3v) is 2.03. The summed E-state index contributed by atoms with van der Waals surface area (Å²) in [5.74, 6) is 0. The smallest absolute Gasteiger partial charge is 0.183 e. The average molecular weight is 204 g/mol. The quantitative estimate of drug-likeness (QED) is 0.703. The van der Waals surface area contributed by atoms with Gasteiger partial charge < -0.3 is 19.7 Å². The standard InChI is InChI=1S/C10H20O4/c1-10(2,3)6-13-9-8(12)4-7(5-11)14-9/h7-9,11-12H,4-6H2,1-3H3/t7-,8?,9-/m0/s1. The van der Waals surface area contributed by atoms with E-state index in [1.807, 2.05) is 0 Å². The summed E-state index contributed by atoms with van der Waals surface area (Å²) in [6, 6.07) is 0. The maximum Gasteiger partial charge on any atom is 0.183 e. The minimum absolute atomic E-state index is 0.0559. The van der Waals surface area contributed by atoms with Gasteiger partial charge >= 0.3 is 0 Å². The highest BCUT2D eigenvalue weighted by Gasteiger charge is 2.34. The highest BCUT2D eigenvalue weighted by molar-refractivity contribution is 4.76. The minimum atomic E-state index is -0.616. The van der Waals surface area contributed by atoms with Crippen molar-refractivity contribution in [2.24, 2.45) is 5.41 Å². The van der Waals surface area contributed by atoms with Crippen LogP contribution < -0.4 is 0 Å². The lowest BCUT2D eigenvalue weighted by atomic mass is 9.99. The van der Waals surface area contributed by atoms with Crippen LogP contribution in [0.3, 0.4) is 0 Å². The molecule has 0 saturated carbocycles. The molecule has 0 radical (unpaired) electrons. The second kappa shape index (κ2) is 4.57. The maximum atomic E-state index is 9.53. The molecule has 1 fully saturated rings. The summed E-state index contributed by atoms with van der Waals surface area (Å²) in [6.45, 7) is 6.63. The first-order chi connectivity index (χ1) is 6.42. The summed E-state index contributed by atoms with van der Waals surface area (Å²) < 4.78 is 10.7. The van der Waals surface area contributed by atoms with E-state index in [2.05, 4.69) is 20.8 Å². The van der Waals surface area contributed by atoms with E-state index < -0.39 is 12.4 Å². The van der Waals surface area contributed by atoms with Gasteiger partial charge in [-0.25, -0.2) is 0 Å². The van der Waals surface area contributed by atoms with Crippen LogP contribution in [-0.2, 0) is 9.47 Å². The molecule has 1 heterocycles. The van der Waals surface area contributed by atoms with Gasteiger partial charge in [-0.3, -0.25) is 0 Å². The van der Waals surface area contributed by atoms with Crippen LogP contribution in [0, 0.1) is 5.41 Å². The van der Waals surface area contributed by atoms with Gasteiger partial charge in [0.2, 0.25) is 0 Å². The molecule has 0 aliphatic carbocycles. The molecular formula is C10H20O4. The van der Waals surface area contributed by atoms with Crippen molar-refractivity contribution >= 4 is 0 Å². The van der Waals surface area contributed by atoms with E-state index >= 15 is 0 Å². The van der Waals surface area contributed by atoms with Crippen LogP contribution in [0.4, 0.5) is 0 Å². The lowest BCUT2D eigenvalue weighted by Gasteiger charge is -2.22. The number of rotatable bonds is 3. The largest absolute Gasteiger partial charge is 0.394 e. The molecule has 1 rings (SSSR count). The Morgan fingerprint density at radius 2 is 2.07 bits per heavy atom. The zero-order valence-corrected chi connectivity index (χ0v) is 9.06. The Hall–Kier alpha value is -0.160. The molecule has 3 atom stereocenters. The van der Waals surface area contributed by atoms with Crippen LogP contribution in [0.5, 0.6) is 0 Å². The molecular weight excluding hydrogens is 184 g/mol. The summed E-state index contributed by atoms with van der Waals surface area (Å²) in [5.41, 5.74) is 0.0559. The van der Waals surface area contributed by atoms with Crippen molar-refractivity contribution in [3.63, 3.8) is 0 Å². The van der Waals surface area contributed by atoms with Gasteiger partial charge in [0.25, 0.3) is 0 Å². The molecule has 1 saturated heterocycles. The van der Waals surface area contributed by atoms with Crippen molar-refractivity contribution in [2.45, 2.75) is 45.7 Å². The average Bonchev–Trinajstić information content (AvgIpc) is 2.42. The molecule has 1 aliphatic heterocycles. The monoisotopic (exact) mass is 204 g/mol. The predicted molar refractivity (Wildman–Crippen MR) is 51.8 cm³/mol. The zero-order valence-electron chi connectivity index (χ0n) is 9.06. The third-order valence-electron chi connectivity index (χ3n) is 2.03. The topological polar surface area (TPSA) is 58.9 Å². The van der Waals surface area contributed by atoms with Gasteiger partial charge in [-0.1, -0.05) is 20.8 Å². The van der Waals surface area contributed by atoms with Gasteiger partial charge in [-0.2, -0.15) is 0 Å². The van der Waals surface area contributed by atoms with E-state index in [1.165, 1.54) is 0 Å². The van der Waals surface area contributed by atoms with Crippen molar-refractivity contribution in [1.29, 1.82) is 0 Å². The van der Waals surface area contributed by atoms with Gasteiger partial charge in [-0.05, 0) is 5.41 Å². The van der Waals surface area contributed by atoms with Gasteiger partial charge in [-0.15, -0.1) is 0 Å². The van der Waals surface area contributed by atoms with Crippen molar-refractivity contribution in [3.05, 3.63) is 0 Å². The van der Waals surface area contributed by atoms with Crippen LogP contribution in [0.25, 0.3) is 0 Å². The number of hydrogen-bond acceptors (Lipinski definition) is 4. The van der Waals surface area contributed by atoms with Crippen molar-refractivity contribution < 1.29 is 19.7 Å². The Morgan fingerprint density at radius 3 is 2.50 bits per heavy atom. The van der Waals surface area contributed by atoms with E-state index in [0.717, 1.165) is 0 Å².